The molecule has 0 saturated carbocycles. The zero-order valence-corrected chi connectivity index (χ0v) is 10.5. The van der Waals surface area contributed by atoms with Gasteiger partial charge in [0.2, 0.25) is 0 Å². The normalized spacial score (nSPS) is 10.8. The van der Waals surface area contributed by atoms with Gasteiger partial charge in [0.1, 0.15) is 11.3 Å². The van der Waals surface area contributed by atoms with E-state index in [1.807, 2.05) is 12.1 Å². The highest BCUT2D eigenvalue weighted by Gasteiger charge is 2.22. The Morgan fingerprint density at radius 2 is 1.90 bits per heavy atom. The van der Waals surface area contributed by atoms with Crippen molar-refractivity contribution < 1.29 is 19.1 Å². The predicted octanol–water partition coefficient (Wildman–Crippen LogP) is 2.44. The van der Waals surface area contributed by atoms with E-state index in [9.17, 15) is 14.7 Å². The lowest BCUT2D eigenvalue weighted by atomic mass is 10.1. The van der Waals surface area contributed by atoms with Crippen molar-refractivity contribution in [1.29, 1.82) is 0 Å². The molecular weight excluding hydrogens is 260 g/mol. The second kappa shape index (κ2) is 4.38. The van der Waals surface area contributed by atoms with E-state index >= 15 is 0 Å². The zero-order chi connectivity index (χ0) is 14.3. The number of benzene rings is 2. The molecule has 20 heavy (non-hydrogen) atoms. The smallest absolute Gasteiger partial charge is 0.354 e. The van der Waals surface area contributed by atoms with Crippen LogP contribution in [-0.2, 0) is 4.74 Å². The maximum absolute atomic E-state index is 11.9. The largest absolute Gasteiger partial charge is 0.506 e. The molecule has 1 N–H and O–H groups in total. The Kier molecular flexibility index (Phi) is 2.68. The van der Waals surface area contributed by atoms with Crippen LogP contribution in [0.4, 0.5) is 0 Å². The molecule has 5 heteroatoms. The van der Waals surface area contributed by atoms with Gasteiger partial charge < -0.3 is 14.3 Å². The number of methoxy groups -OCH3 is 1. The molecular formula is C15H10O5. The van der Waals surface area contributed by atoms with Crippen LogP contribution < -0.4 is 5.63 Å². The number of fused-ring (bicyclic) bond motifs is 3. The molecule has 5 nitrogen and oxygen atoms in total. The van der Waals surface area contributed by atoms with Crippen LogP contribution in [0.15, 0.2) is 45.6 Å². The summed E-state index contributed by atoms with van der Waals surface area (Å²) >= 11 is 0. The Morgan fingerprint density at radius 1 is 1.15 bits per heavy atom. The van der Waals surface area contributed by atoms with E-state index < -0.39 is 22.9 Å². The van der Waals surface area contributed by atoms with E-state index in [1.165, 1.54) is 0 Å². The third kappa shape index (κ3) is 1.64. The van der Waals surface area contributed by atoms with Crippen LogP contribution in [0.5, 0.6) is 5.75 Å². The minimum Gasteiger partial charge on any atom is -0.506 e. The van der Waals surface area contributed by atoms with Gasteiger partial charge in [-0.2, -0.15) is 0 Å². The van der Waals surface area contributed by atoms with E-state index in [0.29, 0.717) is 10.8 Å². The summed E-state index contributed by atoms with van der Waals surface area (Å²) in [5.41, 5.74) is -1.16. The standard InChI is InChI=1S/C15H10O5/c1-19-14(17)11-12(16)10-7-6-8-4-2-3-5-9(8)13(10)20-15(11)18/h2-7,16H,1H3. The van der Waals surface area contributed by atoms with Crippen molar-refractivity contribution in [1.82, 2.24) is 0 Å². The molecule has 1 aromatic heterocycles. The predicted molar refractivity (Wildman–Crippen MR) is 73.0 cm³/mol. The number of aromatic hydroxyl groups is 1. The van der Waals surface area contributed by atoms with Crippen LogP contribution in [-0.4, -0.2) is 18.2 Å². The van der Waals surface area contributed by atoms with Gasteiger partial charge in [0.25, 0.3) is 0 Å². The van der Waals surface area contributed by atoms with Crippen LogP contribution in [0.25, 0.3) is 21.7 Å². The summed E-state index contributed by atoms with van der Waals surface area (Å²) in [6.07, 6.45) is 0. The SMILES string of the molecule is COC(=O)c1c(O)c2ccc3ccccc3c2oc1=O. The monoisotopic (exact) mass is 270 g/mol. The van der Waals surface area contributed by atoms with Crippen LogP contribution in [0.1, 0.15) is 10.4 Å². The highest BCUT2D eigenvalue weighted by molar-refractivity contribution is 6.08. The highest BCUT2D eigenvalue weighted by Crippen LogP contribution is 2.31. The molecule has 0 atom stereocenters. The molecule has 0 unspecified atom stereocenters. The van der Waals surface area contributed by atoms with Gasteiger partial charge in [-0.3, -0.25) is 0 Å². The Bertz CT molecular complexity index is 892. The summed E-state index contributed by atoms with van der Waals surface area (Å²) in [7, 11) is 1.13. The first-order valence-electron chi connectivity index (χ1n) is 5.89. The molecule has 0 fully saturated rings. The Labute approximate surface area is 113 Å². The maximum atomic E-state index is 11.9. The Balaban J connectivity index is 2.49. The fourth-order valence-corrected chi connectivity index (χ4v) is 2.20. The van der Waals surface area contributed by atoms with Crippen molar-refractivity contribution in [2.45, 2.75) is 0 Å². The molecule has 2 aromatic carbocycles. The number of hydrogen-bond acceptors (Lipinski definition) is 5. The fourth-order valence-electron chi connectivity index (χ4n) is 2.20. The van der Waals surface area contributed by atoms with Crippen molar-refractivity contribution in [3.63, 3.8) is 0 Å². The first-order valence-corrected chi connectivity index (χ1v) is 5.89. The lowest BCUT2D eigenvalue weighted by Gasteiger charge is -2.07. The third-order valence-corrected chi connectivity index (χ3v) is 3.16. The molecule has 3 rings (SSSR count). The molecule has 0 aliphatic carbocycles. The minimum absolute atomic E-state index is 0.248. The van der Waals surface area contributed by atoms with E-state index in [1.54, 1.807) is 24.3 Å². The number of carbonyl (C=O) groups excluding carboxylic acids is 1. The van der Waals surface area contributed by atoms with Crippen molar-refractivity contribution in [2.75, 3.05) is 7.11 Å². The second-order valence-corrected chi connectivity index (χ2v) is 4.27. The molecule has 0 aliphatic rings. The third-order valence-electron chi connectivity index (χ3n) is 3.16. The molecule has 0 bridgehead atoms. The highest BCUT2D eigenvalue weighted by atomic mass is 16.5. The average Bonchev–Trinajstić information content (AvgIpc) is 2.46. The minimum atomic E-state index is -0.925. The topological polar surface area (TPSA) is 76.7 Å². The van der Waals surface area contributed by atoms with Crippen LogP contribution in [0, 0.1) is 0 Å². The number of hydrogen-bond donors (Lipinski definition) is 1. The van der Waals surface area contributed by atoms with Gasteiger partial charge in [0, 0.05) is 5.39 Å². The van der Waals surface area contributed by atoms with Crippen molar-refractivity contribution in [3.05, 3.63) is 52.4 Å². The van der Waals surface area contributed by atoms with Gasteiger partial charge >= 0.3 is 11.6 Å². The summed E-state index contributed by atoms with van der Waals surface area (Å²) < 4.78 is 9.67. The average molecular weight is 270 g/mol. The number of carbonyl (C=O) groups is 1. The molecule has 0 saturated heterocycles. The lowest BCUT2D eigenvalue weighted by Crippen LogP contribution is -2.15. The van der Waals surface area contributed by atoms with Gasteiger partial charge in [0.15, 0.2) is 5.56 Å². The van der Waals surface area contributed by atoms with E-state index in [0.717, 1.165) is 12.5 Å². The zero-order valence-electron chi connectivity index (χ0n) is 10.5. The van der Waals surface area contributed by atoms with Gasteiger partial charge in [-0.15, -0.1) is 0 Å². The van der Waals surface area contributed by atoms with Crippen molar-refractivity contribution in [3.8, 4) is 5.75 Å². The Hall–Kier alpha value is -2.82. The summed E-state index contributed by atoms with van der Waals surface area (Å²) in [4.78, 5) is 23.4. The first-order chi connectivity index (χ1) is 9.63. The van der Waals surface area contributed by atoms with Crippen LogP contribution >= 0.6 is 0 Å². The first kappa shape index (κ1) is 12.2. The quantitative estimate of drug-likeness (QED) is 0.417. The summed E-state index contributed by atoms with van der Waals surface area (Å²) in [6.45, 7) is 0. The lowest BCUT2D eigenvalue weighted by molar-refractivity contribution is 0.0593. The maximum Gasteiger partial charge on any atom is 0.354 e. The van der Waals surface area contributed by atoms with Crippen molar-refractivity contribution in [2.24, 2.45) is 0 Å². The van der Waals surface area contributed by atoms with Crippen molar-refractivity contribution >= 4 is 27.7 Å². The molecule has 3 aromatic rings. The molecule has 0 amide bonds. The van der Waals surface area contributed by atoms with E-state index in [4.69, 9.17) is 4.42 Å². The van der Waals surface area contributed by atoms with Gasteiger partial charge in [-0.25, -0.2) is 9.59 Å². The number of ether oxygens (including phenoxy) is 1. The number of esters is 1. The Morgan fingerprint density at radius 3 is 2.65 bits per heavy atom. The summed E-state index contributed by atoms with van der Waals surface area (Å²) in [5.74, 6) is -1.35. The van der Waals surface area contributed by atoms with Gasteiger partial charge in [0.05, 0.1) is 12.5 Å². The molecule has 100 valence electrons. The molecule has 1 heterocycles. The molecule has 0 aliphatic heterocycles. The van der Waals surface area contributed by atoms with Gasteiger partial charge in [-0.05, 0) is 11.5 Å². The summed E-state index contributed by atoms with van der Waals surface area (Å²) in [6, 6.07) is 10.7. The molecule has 0 spiro atoms. The fraction of sp³-hybridized carbons (Fsp3) is 0.0667. The number of rotatable bonds is 1. The second-order valence-electron chi connectivity index (χ2n) is 4.27. The van der Waals surface area contributed by atoms with Crippen LogP contribution in [0.3, 0.4) is 0 Å². The van der Waals surface area contributed by atoms with Crippen LogP contribution in [0.2, 0.25) is 0 Å². The van der Waals surface area contributed by atoms with E-state index in [-0.39, 0.29) is 5.58 Å². The summed E-state index contributed by atoms with van der Waals surface area (Å²) in [5, 5.41) is 12.0. The van der Waals surface area contributed by atoms with E-state index in [2.05, 4.69) is 4.74 Å². The molecule has 0 radical (unpaired) electrons. The van der Waals surface area contributed by atoms with Gasteiger partial charge in [-0.1, -0.05) is 30.3 Å².